The van der Waals surface area contributed by atoms with Gasteiger partial charge in [-0.05, 0) is 50.9 Å². The van der Waals surface area contributed by atoms with Gasteiger partial charge in [0.1, 0.15) is 30.2 Å². The highest BCUT2D eigenvalue weighted by molar-refractivity contribution is 5.97. The van der Waals surface area contributed by atoms with Crippen LogP contribution in [-0.4, -0.2) is 120 Å². The molecule has 19 heteroatoms. The van der Waals surface area contributed by atoms with Crippen molar-refractivity contribution in [2.24, 2.45) is 29.0 Å². The van der Waals surface area contributed by atoms with Crippen LogP contribution in [0.3, 0.4) is 0 Å². The Bertz CT molecular complexity index is 1250. The molecule has 0 aliphatic carbocycles. The van der Waals surface area contributed by atoms with Crippen molar-refractivity contribution in [3.8, 4) is 0 Å². The molecule has 8 atom stereocenters. The van der Waals surface area contributed by atoms with Crippen molar-refractivity contribution >= 4 is 47.3 Å². The van der Waals surface area contributed by atoms with Crippen molar-refractivity contribution < 1.29 is 38.7 Å². The Morgan fingerprint density at radius 1 is 0.808 bits per heavy atom. The predicted molar refractivity (Wildman–Crippen MR) is 193 cm³/mol. The number of hydrogen-bond acceptors (Lipinski definition) is 10. The van der Waals surface area contributed by atoms with Crippen LogP contribution in [0, 0.1) is 17.2 Å². The summed E-state index contributed by atoms with van der Waals surface area (Å²) >= 11 is 0. The van der Waals surface area contributed by atoms with Gasteiger partial charge in [-0.1, -0.05) is 40.5 Å². The quantitative estimate of drug-likeness (QED) is 0.0285. The van der Waals surface area contributed by atoms with E-state index < -0.39 is 84.2 Å². The van der Waals surface area contributed by atoms with Crippen molar-refractivity contribution in [3.63, 3.8) is 0 Å². The summed E-state index contributed by atoms with van der Waals surface area (Å²) in [5.74, 6) is -5.65. The van der Waals surface area contributed by atoms with E-state index in [4.69, 9.17) is 22.6 Å². The van der Waals surface area contributed by atoms with Crippen LogP contribution in [-0.2, 0) is 33.6 Å². The van der Waals surface area contributed by atoms with Gasteiger partial charge in [-0.3, -0.25) is 39.0 Å². The molecule has 1 fully saturated rings. The zero-order valence-electron chi connectivity index (χ0n) is 31.1. The maximum Gasteiger partial charge on any atom is 0.245 e. The first kappa shape index (κ1) is 45.5. The number of carbonyl (C=O) groups is 7. The van der Waals surface area contributed by atoms with Gasteiger partial charge in [0.05, 0.1) is 12.6 Å². The molecule has 0 spiro atoms. The molecule has 0 unspecified atom stereocenters. The summed E-state index contributed by atoms with van der Waals surface area (Å²) in [7, 11) is 0. The molecule has 1 saturated heterocycles. The average Bonchev–Trinajstić information content (AvgIpc) is 3.61. The molecule has 0 radical (unpaired) electrons. The number of aliphatic hydroxyl groups excluding tert-OH is 1. The fourth-order valence-corrected chi connectivity index (χ4v) is 5.60. The number of carbonyl (C=O) groups excluding carboxylic acids is 7. The second-order valence-corrected chi connectivity index (χ2v) is 13.2. The number of rotatable bonds is 23. The van der Waals surface area contributed by atoms with Crippen molar-refractivity contribution in [1.82, 2.24) is 36.8 Å². The number of primary amides is 1. The van der Waals surface area contributed by atoms with E-state index in [0.29, 0.717) is 45.2 Å². The first-order valence-corrected chi connectivity index (χ1v) is 18.0. The molecule has 52 heavy (non-hydrogen) atoms. The van der Waals surface area contributed by atoms with Crippen LogP contribution in [0.25, 0.3) is 0 Å². The molecule has 0 saturated carbocycles. The van der Waals surface area contributed by atoms with Gasteiger partial charge in [0.25, 0.3) is 0 Å². The number of hydrogen-bond donors (Lipinski definition) is 11. The largest absolute Gasteiger partial charge is 0.394 e. The normalized spacial score (nSPS) is 18.0. The predicted octanol–water partition coefficient (Wildman–Crippen LogP) is -3.01. The highest BCUT2D eigenvalue weighted by atomic mass is 16.3. The summed E-state index contributed by atoms with van der Waals surface area (Å²) in [6, 6.07) is -6.86. The number of nitrogens with zero attached hydrogens (tertiary/aromatic N) is 1. The van der Waals surface area contributed by atoms with Crippen molar-refractivity contribution in [2.75, 3.05) is 26.2 Å². The van der Waals surface area contributed by atoms with E-state index in [9.17, 15) is 38.7 Å². The second kappa shape index (κ2) is 23.1. The van der Waals surface area contributed by atoms with Gasteiger partial charge in [-0.2, -0.15) is 0 Å². The fourth-order valence-electron chi connectivity index (χ4n) is 5.60. The molecule has 0 aromatic carbocycles. The van der Waals surface area contributed by atoms with Crippen LogP contribution in [0.4, 0.5) is 0 Å². The number of guanidine groups is 1. The van der Waals surface area contributed by atoms with E-state index in [2.05, 4.69) is 31.9 Å². The fraction of sp³-hybridized carbons (Fsp3) is 0.758. The maximum atomic E-state index is 13.9. The van der Waals surface area contributed by atoms with Crippen LogP contribution >= 0.6 is 0 Å². The van der Waals surface area contributed by atoms with Crippen LogP contribution in [0.2, 0.25) is 0 Å². The number of aliphatic hydroxyl groups is 1. The van der Waals surface area contributed by atoms with E-state index in [1.165, 1.54) is 4.90 Å². The SMILES string of the molecule is CCNC(=O)[C@@H]1CCCN1C(=O)[C@H](CCCNC(=N)N)NC(=O)[C@@H](NC(=O)[C@H](CCC(N)=O)NC(=O)[C@H](CO)NC(=O)[C@H](N)[C@@H](C)CC)[C@@H](C)CC. The summed E-state index contributed by atoms with van der Waals surface area (Å²) in [4.78, 5) is 93.1. The van der Waals surface area contributed by atoms with Crippen LogP contribution in [0.1, 0.15) is 86.0 Å². The first-order chi connectivity index (χ1) is 24.5. The average molecular weight is 740 g/mol. The molecule has 1 heterocycles. The first-order valence-electron chi connectivity index (χ1n) is 18.0. The molecule has 14 N–H and O–H groups in total. The molecule has 1 aliphatic heterocycles. The number of nitrogens with one attached hydrogen (secondary N) is 7. The Morgan fingerprint density at radius 3 is 1.96 bits per heavy atom. The number of amides is 7. The molecule has 0 bridgehead atoms. The number of nitrogens with two attached hydrogens (primary N) is 3. The summed E-state index contributed by atoms with van der Waals surface area (Å²) in [6.07, 6.45) is 1.92. The van der Waals surface area contributed by atoms with E-state index in [1.807, 2.05) is 6.92 Å². The Labute approximate surface area is 305 Å². The summed E-state index contributed by atoms with van der Waals surface area (Å²) < 4.78 is 0. The van der Waals surface area contributed by atoms with Gasteiger partial charge in [0.15, 0.2) is 5.96 Å². The lowest BCUT2D eigenvalue weighted by molar-refractivity contribution is -0.142. The van der Waals surface area contributed by atoms with Crippen molar-refractivity contribution in [1.29, 1.82) is 5.41 Å². The summed E-state index contributed by atoms with van der Waals surface area (Å²) in [5, 5.41) is 32.9. The highest BCUT2D eigenvalue weighted by Gasteiger charge is 2.39. The van der Waals surface area contributed by atoms with E-state index in [0.717, 1.165) is 0 Å². The smallest absolute Gasteiger partial charge is 0.245 e. The minimum Gasteiger partial charge on any atom is -0.394 e. The third-order valence-electron chi connectivity index (χ3n) is 9.27. The monoisotopic (exact) mass is 739 g/mol. The van der Waals surface area contributed by atoms with E-state index in [-0.39, 0.29) is 43.6 Å². The molecule has 0 aromatic heterocycles. The van der Waals surface area contributed by atoms with Crippen molar-refractivity contribution in [3.05, 3.63) is 0 Å². The lowest BCUT2D eigenvalue weighted by atomic mass is 9.96. The topological polar surface area (TPSA) is 317 Å². The minimum absolute atomic E-state index is 0.122. The Hall–Kier alpha value is -4.52. The van der Waals surface area contributed by atoms with Gasteiger partial charge in [-0.15, -0.1) is 0 Å². The van der Waals surface area contributed by atoms with Gasteiger partial charge >= 0.3 is 0 Å². The lowest BCUT2D eigenvalue weighted by Gasteiger charge is -2.31. The maximum absolute atomic E-state index is 13.9. The third-order valence-corrected chi connectivity index (χ3v) is 9.27. The molecule has 1 aliphatic rings. The van der Waals surface area contributed by atoms with Gasteiger partial charge < -0.3 is 59.1 Å². The molecule has 19 nitrogen and oxygen atoms in total. The Balaban J connectivity index is 3.29. The Morgan fingerprint density at radius 2 is 1.40 bits per heavy atom. The molecular weight excluding hydrogens is 678 g/mol. The molecule has 1 rings (SSSR count). The third kappa shape index (κ3) is 14.6. The number of likely N-dealkylation sites (N-methyl/N-ethyl adjacent to an activating group) is 1. The molecule has 296 valence electrons. The molecule has 0 aromatic rings. The van der Waals surface area contributed by atoms with Crippen molar-refractivity contribution in [2.45, 2.75) is 122 Å². The highest BCUT2D eigenvalue weighted by Crippen LogP contribution is 2.20. The molecule has 7 amide bonds. The second-order valence-electron chi connectivity index (χ2n) is 13.2. The van der Waals surface area contributed by atoms with Gasteiger partial charge in [-0.25, -0.2) is 0 Å². The standard InChI is InChI=1S/C33H61N11O8/c1-6-18(4)25(35)30(50)42-22(17-45)28(48)40-20(13-14-24(34)46)27(47)43-26(19(5)7-2)31(51)41-21(11-9-15-39-33(36)37)32(52)44-16-10-12-23(44)29(49)38-8-3/h18-23,25-26,45H,6-17,35H2,1-5H3,(H2,34,46)(H,38,49)(H,40,48)(H,41,51)(H,42,50)(H,43,47)(H4,36,37,39)/t18-,19-,20-,21-,22-,23-,25+,26-/m0/s1. The van der Waals surface area contributed by atoms with E-state index >= 15 is 0 Å². The zero-order valence-corrected chi connectivity index (χ0v) is 31.1. The molecular formula is C33H61N11O8. The van der Waals surface area contributed by atoms with Crippen LogP contribution in [0.15, 0.2) is 0 Å². The zero-order chi connectivity index (χ0) is 39.5. The summed E-state index contributed by atoms with van der Waals surface area (Å²) in [5.41, 5.74) is 16.7. The van der Waals surface area contributed by atoms with Crippen LogP contribution in [0.5, 0.6) is 0 Å². The minimum atomic E-state index is -1.47. The van der Waals surface area contributed by atoms with Gasteiger partial charge in [0.2, 0.25) is 41.4 Å². The van der Waals surface area contributed by atoms with Gasteiger partial charge in [0, 0.05) is 26.1 Å². The summed E-state index contributed by atoms with van der Waals surface area (Å²) in [6.45, 7) is 8.97. The van der Waals surface area contributed by atoms with E-state index in [1.54, 1.807) is 27.7 Å². The lowest BCUT2D eigenvalue weighted by Crippen LogP contribution is -2.61. The Kier molecular flexibility index (Phi) is 20.2. The van der Waals surface area contributed by atoms with Crippen LogP contribution < -0.4 is 49.1 Å². The number of likely N-dealkylation sites (tertiary alicyclic amines) is 1.